The first-order chi connectivity index (χ1) is 38.9. The average molecular weight is 1140 g/mol. The fraction of sp³-hybridized carbons (Fsp3) is 0.829. The van der Waals surface area contributed by atoms with Gasteiger partial charge in [0.25, 0.3) is 0 Å². The molecule has 0 aromatic carbocycles. The lowest BCUT2D eigenvalue weighted by molar-refractivity contribution is -0.870. The predicted molar refractivity (Wildman–Crippen MR) is 346 cm³/mol. The van der Waals surface area contributed by atoms with Crippen LogP contribution < -0.4 is 5.32 Å². The number of likely N-dealkylation sites (N-methyl/N-ethyl adjacent to an activating group) is 1. The maximum Gasteiger partial charge on any atom is 0.472 e. The van der Waals surface area contributed by atoms with Crippen molar-refractivity contribution < 1.29 is 37.3 Å². The molecule has 2 N–H and O–H groups in total. The number of ether oxygens (including phenoxy) is 1. The van der Waals surface area contributed by atoms with Gasteiger partial charge in [0.05, 0.1) is 33.8 Å². The number of rotatable bonds is 62. The van der Waals surface area contributed by atoms with Crippen molar-refractivity contribution in [3.63, 3.8) is 0 Å². The summed E-state index contributed by atoms with van der Waals surface area (Å²) in [5, 5.41) is 3.06. The summed E-state index contributed by atoms with van der Waals surface area (Å²) in [5.74, 6) is -0.497. The third kappa shape index (κ3) is 60.3. The Labute approximate surface area is 496 Å². The maximum absolute atomic E-state index is 13.6. The zero-order valence-electron chi connectivity index (χ0n) is 53.6. The van der Waals surface area contributed by atoms with Gasteiger partial charge in [0.2, 0.25) is 5.91 Å². The molecule has 0 bridgehead atoms. The molecule has 468 valence electrons. The molecule has 0 rings (SSSR count). The molecule has 0 saturated carbocycles. The fourth-order valence-electron chi connectivity index (χ4n) is 9.93. The van der Waals surface area contributed by atoms with E-state index in [1.807, 2.05) is 33.3 Å². The number of nitrogens with one attached hydrogen (secondary N) is 1. The predicted octanol–water partition coefficient (Wildman–Crippen LogP) is 21.4. The van der Waals surface area contributed by atoms with Crippen LogP contribution in [0.5, 0.6) is 0 Å². The van der Waals surface area contributed by atoms with Crippen LogP contribution in [0.25, 0.3) is 0 Å². The van der Waals surface area contributed by atoms with Crippen molar-refractivity contribution in [2.24, 2.45) is 0 Å². The smallest absolute Gasteiger partial charge is 0.456 e. The highest BCUT2D eigenvalue weighted by Gasteiger charge is 2.30. The molecule has 0 saturated heterocycles. The standard InChI is InChI=1S/C70H131N2O7P/c1-7-10-13-16-19-22-25-27-29-31-32-33-34-35-36-37-38-39-40-41-43-45-48-51-54-57-60-63-70(74)79-68(61-58-55-52-49-46-24-21-18-15-12-9-3)67(66-78-80(75,76)77-65-64-72(4,5)6)71-69(73)62-59-56-53-50-47-44-42-30-28-26-23-20-17-14-11-8-2/h19,22,27,29,32-33,35-36,58,61,67-68H,7-18,20-21,23-26,28,30-31,34,37-57,59-60,62-66H2,1-6H3,(H-,71,73,75,76)/p+1/b22-19-,29-27-,33-32-,36-35-,61-58-. The van der Waals surface area contributed by atoms with Gasteiger partial charge in [0.15, 0.2) is 0 Å². The van der Waals surface area contributed by atoms with Crippen molar-refractivity contribution >= 4 is 19.7 Å². The molecule has 0 radical (unpaired) electrons. The second-order valence-electron chi connectivity index (χ2n) is 24.4. The van der Waals surface area contributed by atoms with E-state index in [0.29, 0.717) is 17.4 Å². The summed E-state index contributed by atoms with van der Waals surface area (Å²) in [5.41, 5.74) is 0. The molecule has 0 aromatic rings. The van der Waals surface area contributed by atoms with Gasteiger partial charge in [0, 0.05) is 12.8 Å². The second kappa shape index (κ2) is 59.9. The first-order valence-electron chi connectivity index (χ1n) is 34.1. The van der Waals surface area contributed by atoms with E-state index in [9.17, 15) is 19.0 Å². The molecule has 0 aliphatic carbocycles. The van der Waals surface area contributed by atoms with E-state index < -0.39 is 20.0 Å². The number of phosphoric ester groups is 1. The van der Waals surface area contributed by atoms with Crippen LogP contribution in [0, 0.1) is 0 Å². The minimum atomic E-state index is -4.45. The number of phosphoric acid groups is 1. The molecule has 0 fully saturated rings. The van der Waals surface area contributed by atoms with Crippen molar-refractivity contribution in [3.05, 3.63) is 60.8 Å². The molecule has 0 aromatic heterocycles. The number of amides is 1. The van der Waals surface area contributed by atoms with Crippen LogP contribution in [0.4, 0.5) is 0 Å². The van der Waals surface area contributed by atoms with Gasteiger partial charge in [-0.3, -0.25) is 18.6 Å². The summed E-state index contributed by atoms with van der Waals surface area (Å²) in [7, 11) is 1.50. The van der Waals surface area contributed by atoms with Gasteiger partial charge in [-0.1, -0.05) is 294 Å². The summed E-state index contributed by atoms with van der Waals surface area (Å²) >= 11 is 0. The van der Waals surface area contributed by atoms with Crippen molar-refractivity contribution in [2.75, 3.05) is 40.9 Å². The lowest BCUT2D eigenvalue weighted by atomic mass is 10.0. The van der Waals surface area contributed by atoms with E-state index >= 15 is 0 Å². The SMILES string of the molecule is CCCCC/C=C\C/C=C\C/C=C\C/C=C\CCCCCCCCCCCCCC(=O)OC(/C=C\CCCCCCCCCCC)C(COP(=O)(O)OCC[N+](C)(C)C)NC(=O)CCCCCCCCCCCCCCCCCC. The summed E-state index contributed by atoms with van der Waals surface area (Å²) in [6.45, 7) is 7.01. The normalized spacial score (nSPS) is 13.9. The third-order valence-electron chi connectivity index (χ3n) is 15.2. The van der Waals surface area contributed by atoms with Gasteiger partial charge in [-0.15, -0.1) is 0 Å². The van der Waals surface area contributed by atoms with Gasteiger partial charge in [-0.05, 0) is 76.7 Å². The summed E-state index contributed by atoms with van der Waals surface area (Å²) in [6, 6.07) is -0.848. The highest BCUT2D eigenvalue weighted by atomic mass is 31.2. The molecule has 9 nitrogen and oxygen atoms in total. The van der Waals surface area contributed by atoms with Crippen LogP contribution in [-0.2, 0) is 27.9 Å². The lowest BCUT2D eigenvalue weighted by Crippen LogP contribution is -2.47. The highest BCUT2D eigenvalue weighted by Crippen LogP contribution is 2.43. The van der Waals surface area contributed by atoms with Gasteiger partial charge >= 0.3 is 13.8 Å². The molecule has 10 heteroatoms. The van der Waals surface area contributed by atoms with Crippen LogP contribution in [0.3, 0.4) is 0 Å². The molecule has 1 amide bonds. The monoisotopic (exact) mass is 1140 g/mol. The topological polar surface area (TPSA) is 111 Å². The van der Waals surface area contributed by atoms with Crippen molar-refractivity contribution in [2.45, 2.75) is 335 Å². The number of allylic oxidation sites excluding steroid dienone is 9. The van der Waals surface area contributed by atoms with E-state index in [-0.39, 0.29) is 31.5 Å². The van der Waals surface area contributed by atoms with Crippen molar-refractivity contribution in [1.82, 2.24) is 5.32 Å². The minimum Gasteiger partial charge on any atom is -0.456 e. The van der Waals surface area contributed by atoms with Gasteiger partial charge in [-0.2, -0.15) is 0 Å². The Kier molecular flexibility index (Phi) is 58.1. The van der Waals surface area contributed by atoms with Crippen LogP contribution in [0.2, 0.25) is 0 Å². The molecular weight excluding hydrogens is 1010 g/mol. The minimum absolute atomic E-state index is 0.0406. The molecule has 0 spiro atoms. The number of esters is 1. The van der Waals surface area contributed by atoms with E-state index in [1.54, 1.807) is 0 Å². The van der Waals surface area contributed by atoms with Crippen LogP contribution in [-0.4, -0.2) is 74.3 Å². The Hall–Kier alpha value is -2.29. The third-order valence-corrected chi connectivity index (χ3v) is 16.2. The highest BCUT2D eigenvalue weighted by molar-refractivity contribution is 7.47. The maximum atomic E-state index is 13.6. The number of unbranched alkanes of at least 4 members (excludes halogenated alkanes) is 38. The Morgan fingerprint density at radius 2 is 0.762 bits per heavy atom. The zero-order chi connectivity index (χ0) is 58.6. The number of nitrogens with zero attached hydrogens (tertiary/aromatic N) is 1. The summed E-state index contributed by atoms with van der Waals surface area (Å²) < 4.78 is 30.8. The number of hydrogen-bond acceptors (Lipinski definition) is 6. The summed E-state index contributed by atoms with van der Waals surface area (Å²) in [6.07, 6.45) is 76.5. The number of carbonyl (C=O) groups excluding carboxylic acids is 2. The van der Waals surface area contributed by atoms with Crippen LogP contribution in [0.15, 0.2) is 60.8 Å². The second-order valence-corrected chi connectivity index (χ2v) is 25.8. The van der Waals surface area contributed by atoms with E-state index in [2.05, 4.69) is 74.7 Å². The zero-order valence-corrected chi connectivity index (χ0v) is 54.5. The van der Waals surface area contributed by atoms with E-state index in [0.717, 1.165) is 77.0 Å². The summed E-state index contributed by atoms with van der Waals surface area (Å²) in [4.78, 5) is 37.8. The van der Waals surface area contributed by atoms with Gasteiger partial charge in [-0.25, -0.2) is 4.57 Å². The average Bonchev–Trinajstić information content (AvgIpc) is 3.43. The number of carbonyl (C=O) groups is 2. The lowest BCUT2D eigenvalue weighted by Gasteiger charge is -2.27. The van der Waals surface area contributed by atoms with Gasteiger partial charge < -0.3 is 19.4 Å². The number of quaternary nitrogens is 1. The Morgan fingerprint density at radius 1 is 0.438 bits per heavy atom. The molecular formula is C70H132N2O7P+. The van der Waals surface area contributed by atoms with Crippen LogP contribution >= 0.6 is 7.82 Å². The molecule has 0 aliphatic heterocycles. The van der Waals surface area contributed by atoms with Crippen LogP contribution in [0.1, 0.15) is 323 Å². The van der Waals surface area contributed by atoms with Crippen molar-refractivity contribution in [3.8, 4) is 0 Å². The largest absolute Gasteiger partial charge is 0.472 e. The molecule has 3 unspecified atom stereocenters. The van der Waals surface area contributed by atoms with E-state index in [1.165, 1.54) is 212 Å². The first kappa shape index (κ1) is 77.7. The van der Waals surface area contributed by atoms with Crippen molar-refractivity contribution in [1.29, 1.82) is 0 Å². The quantitative estimate of drug-likeness (QED) is 0.0205. The molecule has 80 heavy (non-hydrogen) atoms. The first-order valence-corrected chi connectivity index (χ1v) is 35.6. The molecule has 0 aliphatic rings. The Balaban J connectivity index is 5.02. The molecule has 3 atom stereocenters. The van der Waals surface area contributed by atoms with E-state index in [4.69, 9.17) is 13.8 Å². The fourth-order valence-corrected chi connectivity index (χ4v) is 10.7. The Morgan fingerprint density at radius 3 is 1.16 bits per heavy atom. The van der Waals surface area contributed by atoms with Gasteiger partial charge in [0.1, 0.15) is 19.3 Å². The number of hydrogen-bond donors (Lipinski definition) is 2. The molecule has 0 heterocycles. The Bertz CT molecular complexity index is 1550.